The summed E-state index contributed by atoms with van der Waals surface area (Å²) in [5.74, 6) is 0. The van der Waals surface area contributed by atoms with Crippen LogP contribution in [0.15, 0.2) is 30.5 Å². The lowest BCUT2D eigenvalue weighted by Gasteiger charge is -2.19. The monoisotopic (exact) mass is 285 g/mol. The van der Waals surface area contributed by atoms with Gasteiger partial charge in [-0.15, -0.1) is 0 Å². The molecule has 0 atom stereocenters. The number of nitrogens with zero attached hydrogens (tertiary/aromatic N) is 2. The fourth-order valence-electron chi connectivity index (χ4n) is 2.57. The van der Waals surface area contributed by atoms with Crippen molar-refractivity contribution >= 4 is 0 Å². The molecule has 1 heterocycles. The third-order valence-electron chi connectivity index (χ3n) is 3.80. The number of aromatic nitrogens is 2. The Kier molecular flexibility index (Phi) is 4.84. The second-order valence-electron chi connectivity index (χ2n) is 6.84. The molecule has 2 rings (SSSR count). The van der Waals surface area contributed by atoms with Gasteiger partial charge in [-0.25, -0.2) is 0 Å². The van der Waals surface area contributed by atoms with Gasteiger partial charge >= 0.3 is 0 Å². The molecule has 0 bridgehead atoms. The maximum atomic E-state index is 4.23. The maximum Gasteiger partial charge on any atom is 0.0695 e. The van der Waals surface area contributed by atoms with Crippen LogP contribution in [0.4, 0.5) is 0 Å². The van der Waals surface area contributed by atoms with Crippen molar-refractivity contribution in [3.05, 3.63) is 41.6 Å². The molecule has 0 saturated heterocycles. The molecular weight excluding hydrogens is 258 g/mol. The molecule has 1 N–H and O–H groups in total. The largest absolute Gasteiger partial charge is 0.302 e. The Morgan fingerprint density at radius 1 is 1.14 bits per heavy atom. The van der Waals surface area contributed by atoms with Crippen molar-refractivity contribution in [1.82, 2.24) is 15.1 Å². The molecule has 0 fully saturated rings. The lowest BCUT2D eigenvalue weighted by molar-refractivity contribution is 0.328. The second-order valence-corrected chi connectivity index (χ2v) is 6.84. The average molecular weight is 285 g/mol. The van der Waals surface area contributed by atoms with Crippen LogP contribution in [0.25, 0.3) is 11.3 Å². The van der Waals surface area contributed by atoms with Crippen molar-refractivity contribution < 1.29 is 0 Å². The van der Waals surface area contributed by atoms with E-state index in [4.69, 9.17) is 0 Å². The summed E-state index contributed by atoms with van der Waals surface area (Å²) in [7, 11) is 2.16. The van der Waals surface area contributed by atoms with E-state index < -0.39 is 0 Å². The van der Waals surface area contributed by atoms with Gasteiger partial charge in [0.05, 0.1) is 11.9 Å². The van der Waals surface area contributed by atoms with Gasteiger partial charge in [0.2, 0.25) is 0 Å². The molecule has 0 aliphatic carbocycles. The van der Waals surface area contributed by atoms with Crippen molar-refractivity contribution in [1.29, 1.82) is 0 Å². The smallest absolute Gasteiger partial charge is 0.0695 e. The third kappa shape index (κ3) is 3.94. The first kappa shape index (κ1) is 15.8. The molecule has 1 aromatic carbocycles. The fraction of sp³-hybridized carbons (Fsp3) is 0.500. The van der Waals surface area contributed by atoms with Gasteiger partial charge in [-0.3, -0.25) is 5.10 Å². The van der Waals surface area contributed by atoms with E-state index in [2.05, 4.69) is 74.1 Å². The zero-order chi connectivity index (χ0) is 15.5. The molecule has 1 aromatic heterocycles. The van der Waals surface area contributed by atoms with E-state index in [9.17, 15) is 0 Å². The van der Waals surface area contributed by atoms with Crippen LogP contribution < -0.4 is 0 Å². The normalized spacial score (nSPS) is 12.1. The predicted molar refractivity (Wildman–Crippen MR) is 89.3 cm³/mol. The zero-order valence-electron chi connectivity index (χ0n) is 13.9. The summed E-state index contributed by atoms with van der Waals surface area (Å²) >= 11 is 0. The Labute approximate surface area is 128 Å². The van der Waals surface area contributed by atoms with E-state index in [1.165, 1.54) is 23.1 Å². The van der Waals surface area contributed by atoms with E-state index in [-0.39, 0.29) is 5.41 Å². The van der Waals surface area contributed by atoms with Gasteiger partial charge in [-0.2, -0.15) is 5.10 Å². The minimum atomic E-state index is 0.191. The zero-order valence-corrected chi connectivity index (χ0v) is 13.9. The molecule has 0 saturated carbocycles. The van der Waals surface area contributed by atoms with Gasteiger partial charge in [-0.05, 0) is 36.6 Å². The van der Waals surface area contributed by atoms with Crippen molar-refractivity contribution in [3.8, 4) is 11.3 Å². The van der Waals surface area contributed by atoms with Crippen LogP contribution in [0.3, 0.4) is 0 Å². The first-order valence-electron chi connectivity index (χ1n) is 7.73. The van der Waals surface area contributed by atoms with Crippen LogP contribution >= 0.6 is 0 Å². The molecule has 0 radical (unpaired) electrons. The Hall–Kier alpha value is -1.61. The molecule has 0 aliphatic rings. The summed E-state index contributed by atoms with van der Waals surface area (Å²) in [4.78, 5) is 2.33. The van der Waals surface area contributed by atoms with Gasteiger partial charge in [0.25, 0.3) is 0 Å². The molecule has 2 aromatic rings. The number of hydrogen-bond donors (Lipinski definition) is 1. The highest BCUT2D eigenvalue weighted by atomic mass is 15.1. The Bertz CT molecular complexity index is 561. The molecular formula is C18H27N3. The van der Waals surface area contributed by atoms with Gasteiger partial charge in [0.1, 0.15) is 0 Å². The quantitative estimate of drug-likeness (QED) is 0.892. The van der Waals surface area contributed by atoms with E-state index in [1.807, 2.05) is 6.20 Å². The van der Waals surface area contributed by atoms with Crippen LogP contribution in [0.2, 0.25) is 0 Å². The standard InChI is InChI=1S/C18H27N3/c1-6-11-21(5)13-15-12-19-20-17(15)14-7-9-16(10-8-14)18(2,3)4/h7-10,12H,6,11,13H2,1-5H3,(H,19,20). The molecule has 3 heteroatoms. The first-order valence-corrected chi connectivity index (χ1v) is 7.73. The highest BCUT2D eigenvalue weighted by molar-refractivity contribution is 5.63. The number of benzene rings is 1. The Balaban J connectivity index is 2.21. The molecule has 0 unspecified atom stereocenters. The summed E-state index contributed by atoms with van der Waals surface area (Å²) in [5.41, 5.74) is 5.15. The summed E-state index contributed by atoms with van der Waals surface area (Å²) in [6.07, 6.45) is 3.11. The number of H-pyrrole nitrogens is 1. The van der Waals surface area contributed by atoms with Crippen LogP contribution in [0.1, 0.15) is 45.2 Å². The topological polar surface area (TPSA) is 31.9 Å². The van der Waals surface area contributed by atoms with E-state index in [0.29, 0.717) is 0 Å². The fourth-order valence-corrected chi connectivity index (χ4v) is 2.57. The third-order valence-corrected chi connectivity index (χ3v) is 3.80. The van der Waals surface area contributed by atoms with Crippen LogP contribution in [-0.4, -0.2) is 28.7 Å². The summed E-state index contributed by atoms with van der Waals surface area (Å²) in [5, 5.41) is 7.38. The van der Waals surface area contributed by atoms with Crippen molar-refractivity contribution in [2.24, 2.45) is 0 Å². The summed E-state index contributed by atoms with van der Waals surface area (Å²) in [6.45, 7) is 11.0. The second kappa shape index (κ2) is 6.44. The average Bonchev–Trinajstić information content (AvgIpc) is 2.86. The summed E-state index contributed by atoms with van der Waals surface area (Å²) < 4.78 is 0. The molecule has 3 nitrogen and oxygen atoms in total. The van der Waals surface area contributed by atoms with Gasteiger partial charge < -0.3 is 4.90 Å². The minimum Gasteiger partial charge on any atom is -0.302 e. The highest BCUT2D eigenvalue weighted by Crippen LogP contribution is 2.27. The van der Waals surface area contributed by atoms with Crippen molar-refractivity contribution in [2.45, 2.75) is 46.1 Å². The van der Waals surface area contributed by atoms with E-state index in [1.54, 1.807) is 0 Å². The minimum absolute atomic E-state index is 0.191. The molecule has 0 spiro atoms. The lowest BCUT2D eigenvalue weighted by atomic mass is 9.86. The molecule has 21 heavy (non-hydrogen) atoms. The van der Waals surface area contributed by atoms with Gasteiger partial charge in [-0.1, -0.05) is 52.0 Å². The lowest BCUT2D eigenvalue weighted by Crippen LogP contribution is -2.18. The summed E-state index contributed by atoms with van der Waals surface area (Å²) in [6, 6.07) is 8.82. The first-order chi connectivity index (χ1) is 9.91. The van der Waals surface area contributed by atoms with Crippen molar-refractivity contribution in [3.63, 3.8) is 0 Å². The van der Waals surface area contributed by atoms with Gasteiger partial charge in [0, 0.05) is 12.1 Å². The Morgan fingerprint density at radius 2 is 1.81 bits per heavy atom. The highest BCUT2D eigenvalue weighted by Gasteiger charge is 2.14. The Morgan fingerprint density at radius 3 is 2.38 bits per heavy atom. The van der Waals surface area contributed by atoms with E-state index in [0.717, 1.165) is 18.8 Å². The molecule has 0 amide bonds. The van der Waals surface area contributed by atoms with Crippen molar-refractivity contribution in [2.75, 3.05) is 13.6 Å². The number of nitrogens with one attached hydrogen (secondary N) is 1. The maximum absolute atomic E-state index is 4.23. The van der Waals surface area contributed by atoms with Gasteiger partial charge in [0.15, 0.2) is 0 Å². The van der Waals surface area contributed by atoms with E-state index >= 15 is 0 Å². The van der Waals surface area contributed by atoms with Crippen LogP contribution in [0.5, 0.6) is 0 Å². The SMILES string of the molecule is CCCN(C)Cc1cn[nH]c1-c1ccc(C(C)(C)C)cc1. The molecule has 114 valence electrons. The van der Waals surface area contributed by atoms with Crippen LogP contribution in [0, 0.1) is 0 Å². The molecule has 0 aliphatic heterocycles. The predicted octanol–water partition coefficient (Wildman–Crippen LogP) is 4.22. The number of rotatable bonds is 5. The number of hydrogen-bond acceptors (Lipinski definition) is 2. The van der Waals surface area contributed by atoms with Crippen LogP contribution in [-0.2, 0) is 12.0 Å². The number of aromatic amines is 1.